The predicted octanol–water partition coefficient (Wildman–Crippen LogP) is 4.50. The highest BCUT2D eigenvalue weighted by Crippen LogP contribution is 2.28. The summed E-state index contributed by atoms with van der Waals surface area (Å²) >= 11 is 4.94. The summed E-state index contributed by atoms with van der Waals surface area (Å²) in [4.78, 5) is 13.1. The first-order valence-corrected chi connectivity index (χ1v) is 8.20. The molecule has 0 aliphatic rings. The van der Waals surface area contributed by atoms with Crippen molar-refractivity contribution in [1.82, 2.24) is 0 Å². The molecule has 3 nitrogen and oxygen atoms in total. The smallest absolute Gasteiger partial charge is 0.234 e. The molecule has 0 fully saturated rings. The van der Waals surface area contributed by atoms with E-state index in [4.69, 9.17) is 4.74 Å². The van der Waals surface area contributed by atoms with Crippen LogP contribution in [0.2, 0.25) is 0 Å². The normalized spacial score (nSPS) is 10.2. The lowest BCUT2D eigenvalue weighted by molar-refractivity contribution is -0.113. The van der Waals surface area contributed by atoms with Crippen molar-refractivity contribution in [2.24, 2.45) is 0 Å². The number of carbonyl (C=O) groups is 1. The van der Waals surface area contributed by atoms with E-state index >= 15 is 0 Å². The van der Waals surface area contributed by atoms with Crippen molar-refractivity contribution in [1.29, 1.82) is 0 Å². The number of methoxy groups -OCH3 is 1. The van der Waals surface area contributed by atoms with Crippen LogP contribution in [-0.2, 0) is 4.79 Å². The molecule has 0 unspecified atom stereocenters. The number of thioether (sulfide) groups is 1. The van der Waals surface area contributed by atoms with Crippen LogP contribution < -0.4 is 10.1 Å². The number of carbonyl (C=O) groups excluding carboxylic acids is 1. The van der Waals surface area contributed by atoms with Gasteiger partial charge in [0.15, 0.2) is 0 Å². The zero-order valence-electron chi connectivity index (χ0n) is 11.9. The quantitative estimate of drug-likeness (QED) is 0.792. The molecule has 1 N–H and O–H groups in total. The van der Waals surface area contributed by atoms with Crippen LogP contribution in [0.25, 0.3) is 0 Å². The number of rotatable bonds is 5. The Hall–Kier alpha value is -1.46. The fourth-order valence-electron chi connectivity index (χ4n) is 1.80. The number of aryl methyl sites for hydroxylation is 1. The summed E-state index contributed by atoms with van der Waals surface area (Å²) in [5.74, 6) is 1.09. The minimum absolute atomic E-state index is 0.0275. The van der Waals surface area contributed by atoms with Crippen molar-refractivity contribution in [2.45, 2.75) is 11.8 Å². The molecule has 2 aromatic carbocycles. The van der Waals surface area contributed by atoms with Crippen LogP contribution in [-0.4, -0.2) is 18.8 Å². The molecule has 0 heterocycles. The molecule has 0 radical (unpaired) electrons. The van der Waals surface area contributed by atoms with Gasteiger partial charge >= 0.3 is 0 Å². The van der Waals surface area contributed by atoms with Crippen LogP contribution in [0.5, 0.6) is 5.75 Å². The molecule has 21 heavy (non-hydrogen) atoms. The van der Waals surface area contributed by atoms with E-state index in [1.165, 1.54) is 17.3 Å². The highest BCUT2D eigenvalue weighted by Gasteiger charge is 2.07. The van der Waals surface area contributed by atoms with Gasteiger partial charge in [-0.15, -0.1) is 11.8 Å². The van der Waals surface area contributed by atoms with E-state index in [0.717, 1.165) is 20.8 Å². The van der Waals surface area contributed by atoms with E-state index in [1.54, 1.807) is 7.11 Å². The van der Waals surface area contributed by atoms with Crippen LogP contribution >= 0.6 is 27.7 Å². The Labute approximate surface area is 137 Å². The Balaban J connectivity index is 1.93. The fourth-order valence-corrected chi connectivity index (χ4v) is 3.17. The van der Waals surface area contributed by atoms with Crippen LogP contribution in [0.1, 0.15) is 5.56 Å². The number of benzene rings is 2. The molecule has 2 aromatic rings. The lowest BCUT2D eigenvalue weighted by atomic mass is 10.2. The van der Waals surface area contributed by atoms with Crippen LogP contribution in [0.3, 0.4) is 0 Å². The van der Waals surface area contributed by atoms with Gasteiger partial charge in [-0.05, 0) is 52.7 Å². The first-order chi connectivity index (χ1) is 10.1. The van der Waals surface area contributed by atoms with Gasteiger partial charge in [-0.25, -0.2) is 0 Å². The standard InChI is InChI=1S/C16H16BrNO2S/c1-11-5-3-4-6-15(11)21-10-16(19)18-12-7-8-14(20-2)13(17)9-12/h3-9H,10H2,1-2H3,(H,18,19). The summed E-state index contributed by atoms with van der Waals surface area (Å²) in [5.41, 5.74) is 1.93. The zero-order valence-corrected chi connectivity index (χ0v) is 14.3. The molecule has 5 heteroatoms. The third-order valence-electron chi connectivity index (χ3n) is 2.89. The molecule has 0 aliphatic carbocycles. The van der Waals surface area contributed by atoms with Crippen molar-refractivity contribution >= 4 is 39.3 Å². The van der Waals surface area contributed by atoms with Gasteiger partial charge < -0.3 is 10.1 Å². The van der Waals surface area contributed by atoms with E-state index < -0.39 is 0 Å². The minimum Gasteiger partial charge on any atom is -0.496 e. The summed E-state index contributed by atoms with van der Waals surface area (Å²) in [7, 11) is 1.61. The van der Waals surface area contributed by atoms with Gasteiger partial charge in [0.2, 0.25) is 5.91 Å². The van der Waals surface area contributed by atoms with Gasteiger partial charge in [0.1, 0.15) is 5.75 Å². The summed E-state index contributed by atoms with van der Waals surface area (Å²) in [6.45, 7) is 2.04. The summed E-state index contributed by atoms with van der Waals surface area (Å²) < 4.78 is 5.97. The molecular formula is C16H16BrNO2S. The number of halogens is 1. The maximum atomic E-state index is 12.0. The van der Waals surface area contributed by atoms with Crippen molar-refractivity contribution < 1.29 is 9.53 Å². The van der Waals surface area contributed by atoms with Crippen molar-refractivity contribution in [3.8, 4) is 5.75 Å². The van der Waals surface area contributed by atoms with Crippen molar-refractivity contribution in [2.75, 3.05) is 18.2 Å². The number of nitrogens with one attached hydrogen (secondary N) is 1. The Bertz CT molecular complexity index is 646. The van der Waals surface area contributed by atoms with Gasteiger partial charge in [-0.3, -0.25) is 4.79 Å². The van der Waals surface area contributed by atoms with Gasteiger partial charge in [0.25, 0.3) is 0 Å². The van der Waals surface area contributed by atoms with E-state index in [-0.39, 0.29) is 5.91 Å². The number of ether oxygens (including phenoxy) is 1. The van der Waals surface area contributed by atoms with Crippen molar-refractivity contribution in [3.05, 3.63) is 52.5 Å². The van der Waals surface area contributed by atoms with Crippen LogP contribution in [0, 0.1) is 6.92 Å². The predicted molar refractivity (Wildman–Crippen MR) is 91.2 cm³/mol. The maximum absolute atomic E-state index is 12.0. The summed E-state index contributed by atoms with van der Waals surface area (Å²) in [5, 5.41) is 2.88. The summed E-state index contributed by atoms with van der Waals surface area (Å²) in [6, 6.07) is 13.5. The average Bonchev–Trinajstić information content (AvgIpc) is 2.46. The molecule has 0 saturated heterocycles. The van der Waals surface area contributed by atoms with Crippen molar-refractivity contribution in [3.63, 3.8) is 0 Å². The SMILES string of the molecule is COc1ccc(NC(=O)CSc2ccccc2C)cc1Br. The maximum Gasteiger partial charge on any atom is 0.234 e. The van der Waals surface area contributed by atoms with Gasteiger partial charge in [-0.2, -0.15) is 0 Å². The van der Waals surface area contributed by atoms with Gasteiger partial charge in [0, 0.05) is 10.6 Å². The van der Waals surface area contributed by atoms with Crippen LogP contribution in [0.15, 0.2) is 51.8 Å². The first kappa shape index (κ1) is 15.9. The number of hydrogen-bond donors (Lipinski definition) is 1. The third-order valence-corrected chi connectivity index (χ3v) is 4.68. The Morgan fingerprint density at radius 1 is 1.29 bits per heavy atom. The fraction of sp³-hybridized carbons (Fsp3) is 0.188. The third kappa shape index (κ3) is 4.51. The number of hydrogen-bond acceptors (Lipinski definition) is 3. The molecule has 0 bridgehead atoms. The number of anilines is 1. The Kier molecular flexibility index (Phi) is 5.70. The summed E-state index contributed by atoms with van der Waals surface area (Å²) in [6.07, 6.45) is 0. The second kappa shape index (κ2) is 7.52. The lowest BCUT2D eigenvalue weighted by Gasteiger charge is -2.09. The molecular weight excluding hydrogens is 350 g/mol. The van der Waals surface area contributed by atoms with E-state index in [1.807, 2.05) is 49.4 Å². The molecule has 0 saturated carbocycles. The molecule has 2 rings (SSSR count). The first-order valence-electron chi connectivity index (χ1n) is 6.42. The van der Waals surface area contributed by atoms with Gasteiger partial charge in [0.05, 0.1) is 17.3 Å². The largest absolute Gasteiger partial charge is 0.496 e. The monoisotopic (exact) mass is 365 g/mol. The average molecular weight is 366 g/mol. The molecule has 0 aromatic heterocycles. The molecule has 0 atom stereocenters. The highest BCUT2D eigenvalue weighted by molar-refractivity contribution is 9.10. The molecule has 110 valence electrons. The molecule has 0 aliphatic heterocycles. The van der Waals surface area contributed by atoms with E-state index in [0.29, 0.717) is 5.75 Å². The second-order valence-corrected chi connectivity index (χ2v) is 6.32. The minimum atomic E-state index is -0.0275. The molecule has 1 amide bonds. The Morgan fingerprint density at radius 3 is 2.71 bits per heavy atom. The highest BCUT2D eigenvalue weighted by atomic mass is 79.9. The Morgan fingerprint density at radius 2 is 2.05 bits per heavy atom. The topological polar surface area (TPSA) is 38.3 Å². The van der Waals surface area contributed by atoms with Gasteiger partial charge in [-0.1, -0.05) is 18.2 Å². The van der Waals surface area contributed by atoms with E-state index in [9.17, 15) is 4.79 Å². The second-order valence-electron chi connectivity index (χ2n) is 4.45. The number of amides is 1. The zero-order chi connectivity index (χ0) is 15.2. The van der Waals surface area contributed by atoms with Crippen LogP contribution in [0.4, 0.5) is 5.69 Å². The lowest BCUT2D eigenvalue weighted by Crippen LogP contribution is -2.14. The van der Waals surface area contributed by atoms with E-state index in [2.05, 4.69) is 21.2 Å². The molecule has 0 spiro atoms.